The number of carbonyl (C=O) groups excluding carboxylic acids is 1. The summed E-state index contributed by atoms with van der Waals surface area (Å²) in [6.07, 6.45) is 0. The molecule has 1 aromatic heterocycles. The number of thiazole rings is 1. The maximum atomic E-state index is 12.8. The second kappa shape index (κ2) is 5.14. The number of nitrogens with two attached hydrogens (primary N) is 1. The highest BCUT2D eigenvalue weighted by atomic mass is 32.1. The van der Waals surface area contributed by atoms with Crippen molar-refractivity contribution in [1.82, 2.24) is 10.3 Å². The van der Waals surface area contributed by atoms with Crippen LogP contribution in [-0.4, -0.2) is 10.9 Å². The van der Waals surface area contributed by atoms with Gasteiger partial charge >= 0.3 is 0 Å². The third-order valence-electron chi connectivity index (χ3n) is 2.32. The number of halogens is 1. The minimum atomic E-state index is -0.459. The number of anilines is 1. The summed E-state index contributed by atoms with van der Waals surface area (Å²) in [5, 5.41) is 5.43. The molecule has 1 amide bonds. The molecule has 2 aromatic rings. The Morgan fingerprint density at radius 2 is 2.33 bits per heavy atom. The molecule has 0 saturated heterocycles. The zero-order chi connectivity index (χ0) is 13.1. The van der Waals surface area contributed by atoms with Crippen molar-refractivity contribution in [3.63, 3.8) is 0 Å². The van der Waals surface area contributed by atoms with E-state index < -0.39 is 5.82 Å². The largest absolute Gasteiger partial charge is 0.398 e. The van der Waals surface area contributed by atoms with Crippen LogP contribution < -0.4 is 11.1 Å². The highest BCUT2D eigenvalue weighted by Gasteiger charge is 2.10. The van der Waals surface area contributed by atoms with Gasteiger partial charge in [-0.2, -0.15) is 0 Å². The van der Waals surface area contributed by atoms with Gasteiger partial charge in [-0.3, -0.25) is 4.79 Å². The zero-order valence-corrected chi connectivity index (χ0v) is 10.6. The number of rotatable bonds is 3. The minimum Gasteiger partial charge on any atom is -0.398 e. The van der Waals surface area contributed by atoms with Crippen LogP contribution >= 0.6 is 11.3 Å². The summed E-state index contributed by atoms with van der Waals surface area (Å²) in [5.74, 6) is -0.792. The van der Waals surface area contributed by atoms with Crippen molar-refractivity contribution < 1.29 is 9.18 Å². The standard InChI is InChI=1S/C12H12FN3OS/c1-7-6-18-11(16-7)5-15-12(17)9-3-2-8(13)4-10(9)14/h2-4,6H,5,14H2,1H3,(H,15,17). The Labute approximate surface area is 108 Å². The molecule has 4 nitrogen and oxygen atoms in total. The molecule has 0 aliphatic rings. The lowest BCUT2D eigenvalue weighted by Gasteiger charge is -2.06. The summed E-state index contributed by atoms with van der Waals surface area (Å²) >= 11 is 1.48. The molecule has 0 aliphatic heterocycles. The Morgan fingerprint density at radius 1 is 1.56 bits per heavy atom. The van der Waals surface area contributed by atoms with Crippen molar-refractivity contribution in [3.8, 4) is 0 Å². The van der Waals surface area contributed by atoms with Crippen LogP contribution in [0.5, 0.6) is 0 Å². The van der Waals surface area contributed by atoms with E-state index in [9.17, 15) is 9.18 Å². The first-order valence-electron chi connectivity index (χ1n) is 5.30. The number of nitrogens with zero attached hydrogens (tertiary/aromatic N) is 1. The van der Waals surface area contributed by atoms with E-state index >= 15 is 0 Å². The summed E-state index contributed by atoms with van der Waals surface area (Å²) in [5.41, 5.74) is 6.90. The van der Waals surface area contributed by atoms with Gasteiger partial charge in [0.1, 0.15) is 10.8 Å². The third kappa shape index (κ3) is 2.84. The maximum absolute atomic E-state index is 12.8. The summed E-state index contributed by atoms with van der Waals surface area (Å²) in [6, 6.07) is 3.70. The monoisotopic (exact) mass is 265 g/mol. The van der Waals surface area contributed by atoms with Gasteiger partial charge in [0.2, 0.25) is 0 Å². The molecule has 0 aliphatic carbocycles. The second-order valence-electron chi connectivity index (χ2n) is 3.80. The topological polar surface area (TPSA) is 68.0 Å². The smallest absolute Gasteiger partial charge is 0.253 e. The van der Waals surface area contributed by atoms with Crippen molar-refractivity contribution in [2.75, 3.05) is 5.73 Å². The number of hydrogen-bond donors (Lipinski definition) is 2. The van der Waals surface area contributed by atoms with Gasteiger partial charge in [0.05, 0.1) is 12.1 Å². The van der Waals surface area contributed by atoms with Crippen LogP contribution in [-0.2, 0) is 6.54 Å². The number of carbonyl (C=O) groups is 1. The van der Waals surface area contributed by atoms with Gasteiger partial charge in [-0.15, -0.1) is 11.3 Å². The lowest BCUT2D eigenvalue weighted by atomic mass is 10.1. The first-order chi connectivity index (χ1) is 8.56. The fourth-order valence-electron chi connectivity index (χ4n) is 1.48. The zero-order valence-electron chi connectivity index (χ0n) is 9.74. The van der Waals surface area contributed by atoms with Crippen LogP contribution in [0.25, 0.3) is 0 Å². The molecule has 0 bridgehead atoms. The average Bonchev–Trinajstić information content (AvgIpc) is 2.72. The molecule has 1 aromatic carbocycles. The van der Waals surface area contributed by atoms with Crippen molar-refractivity contribution in [2.45, 2.75) is 13.5 Å². The number of nitrogens with one attached hydrogen (secondary N) is 1. The molecular weight excluding hydrogens is 253 g/mol. The van der Waals surface area contributed by atoms with E-state index in [0.717, 1.165) is 16.8 Å². The van der Waals surface area contributed by atoms with Gasteiger partial charge in [0.15, 0.2) is 0 Å². The Balaban J connectivity index is 2.03. The predicted octanol–water partition coefficient (Wildman–Crippen LogP) is 2.10. The van der Waals surface area contributed by atoms with Crippen LogP contribution in [0, 0.1) is 12.7 Å². The first-order valence-corrected chi connectivity index (χ1v) is 6.18. The lowest BCUT2D eigenvalue weighted by molar-refractivity contribution is 0.0951. The lowest BCUT2D eigenvalue weighted by Crippen LogP contribution is -2.23. The van der Waals surface area contributed by atoms with Gasteiger partial charge < -0.3 is 11.1 Å². The molecule has 0 fully saturated rings. The van der Waals surface area contributed by atoms with Gasteiger partial charge in [-0.1, -0.05) is 0 Å². The molecule has 6 heteroatoms. The van der Waals surface area contributed by atoms with E-state index in [1.807, 2.05) is 12.3 Å². The molecular formula is C12H12FN3OS. The molecule has 0 radical (unpaired) electrons. The molecule has 0 unspecified atom stereocenters. The highest BCUT2D eigenvalue weighted by Crippen LogP contribution is 2.14. The molecule has 2 rings (SSSR count). The molecule has 1 heterocycles. The van der Waals surface area contributed by atoms with E-state index in [1.165, 1.54) is 23.5 Å². The summed E-state index contributed by atoms with van der Waals surface area (Å²) in [6.45, 7) is 2.23. The number of nitrogen functional groups attached to an aromatic ring is 1. The number of aryl methyl sites for hydroxylation is 1. The van der Waals surface area contributed by atoms with Gasteiger partial charge in [-0.25, -0.2) is 9.37 Å². The van der Waals surface area contributed by atoms with E-state index in [-0.39, 0.29) is 17.2 Å². The molecule has 18 heavy (non-hydrogen) atoms. The molecule has 94 valence electrons. The number of aromatic nitrogens is 1. The molecule has 0 spiro atoms. The number of benzene rings is 1. The number of hydrogen-bond acceptors (Lipinski definition) is 4. The van der Waals surface area contributed by atoms with Crippen LogP contribution in [0.1, 0.15) is 21.1 Å². The van der Waals surface area contributed by atoms with E-state index in [0.29, 0.717) is 6.54 Å². The van der Waals surface area contributed by atoms with Gasteiger partial charge in [0.25, 0.3) is 5.91 Å². The highest BCUT2D eigenvalue weighted by molar-refractivity contribution is 7.09. The van der Waals surface area contributed by atoms with E-state index in [1.54, 1.807) is 0 Å². The second-order valence-corrected chi connectivity index (χ2v) is 4.74. The van der Waals surface area contributed by atoms with Crippen molar-refractivity contribution >= 4 is 22.9 Å². The molecule has 0 saturated carbocycles. The molecule has 0 atom stereocenters. The Bertz CT molecular complexity index is 582. The maximum Gasteiger partial charge on any atom is 0.253 e. The van der Waals surface area contributed by atoms with Crippen LogP contribution in [0.3, 0.4) is 0 Å². The van der Waals surface area contributed by atoms with Crippen molar-refractivity contribution in [3.05, 3.63) is 45.7 Å². The quantitative estimate of drug-likeness (QED) is 0.835. The van der Waals surface area contributed by atoms with Crippen LogP contribution in [0.4, 0.5) is 10.1 Å². The van der Waals surface area contributed by atoms with Gasteiger partial charge in [-0.05, 0) is 25.1 Å². The Hall–Kier alpha value is -1.95. The third-order valence-corrected chi connectivity index (χ3v) is 3.29. The predicted molar refractivity (Wildman–Crippen MR) is 68.8 cm³/mol. The summed E-state index contributed by atoms with van der Waals surface area (Å²) in [4.78, 5) is 16.0. The number of amides is 1. The Morgan fingerprint density at radius 3 is 2.94 bits per heavy atom. The summed E-state index contributed by atoms with van der Waals surface area (Å²) in [7, 11) is 0. The van der Waals surface area contributed by atoms with Crippen LogP contribution in [0.15, 0.2) is 23.6 Å². The first kappa shape index (κ1) is 12.5. The fourth-order valence-corrected chi connectivity index (χ4v) is 2.19. The molecule has 3 N–H and O–H groups in total. The minimum absolute atomic E-state index is 0.128. The Kier molecular flexibility index (Phi) is 3.57. The van der Waals surface area contributed by atoms with E-state index in [4.69, 9.17) is 5.73 Å². The SMILES string of the molecule is Cc1csc(CNC(=O)c2ccc(F)cc2N)n1. The van der Waals surface area contributed by atoms with Crippen LogP contribution in [0.2, 0.25) is 0 Å². The van der Waals surface area contributed by atoms with Crippen molar-refractivity contribution in [2.24, 2.45) is 0 Å². The fraction of sp³-hybridized carbons (Fsp3) is 0.167. The van der Waals surface area contributed by atoms with Crippen molar-refractivity contribution in [1.29, 1.82) is 0 Å². The summed E-state index contributed by atoms with van der Waals surface area (Å²) < 4.78 is 12.8. The average molecular weight is 265 g/mol. The van der Waals surface area contributed by atoms with Gasteiger partial charge in [0, 0.05) is 16.8 Å². The van der Waals surface area contributed by atoms with E-state index in [2.05, 4.69) is 10.3 Å². The normalized spacial score (nSPS) is 10.3.